The fourth-order valence-electron chi connectivity index (χ4n) is 2.81. The van der Waals surface area contributed by atoms with Gasteiger partial charge >= 0.3 is 0 Å². The molecule has 0 aliphatic carbocycles. The van der Waals surface area contributed by atoms with Gasteiger partial charge in [0.15, 0.2) is 0 Å². The van der Waals surface area contributed by atoms with Crippen molar-refractivity contribution in [2.75, 3.05) is 19.7 Å². The number of benzene rings is 1. The van der Waals surface area contributed by atoms with Crippen molar-refractivity contribution in [3.8, 4) is 0 Å². The van der Waals surface area contributed by atoms with E-state index in [1.807, 2.05) is 30.3 Å². The third-order valence-corrected chi connectivity index (χ3v) is 4.48. The highest BCUT2D eigenvalue weighted by atomic mass is 79.9. The van der Waals surface area contributed by atoms with Gasteiger partial charge in [-0.25, -0.2) is 0 Å². The minimum absolute atomic E-state index is 0.0506. The molecule has 1 fully saturated rings. The van der Waals surface area contributed by atoms with Crippen LogP contribution in [0, 0.1) is 5.41 Å². The minimum atomic E-state index is -0.570. The molecule has 2 atom stereocenters. The molecule has 1 aliphatic rings. The molecule has 0 spiro atoms. The molecule has 0 amide bonds. The number of aliphatic hydroxyl groups is 1. The van der Waals surface area contributed by atoms with Crippen molar-refractivity contribution in [2.24, 2.45) is 11.1 Å². The largest absolute Gasteiger partial charge is 0.396 e. The smallest absolute Gasteiger partial charge is 0.0630 e. The number of halogens is 1. The molecule has 1 aromatic rings. The van der Waals surface area contributed by atoms with Crippen LogP contribution < -0.4 is 11.1 Å². The number of rotatable bonds is 4. The van der Waals surface area contributed by atoms with Crippen LogP contribution in [-0.2, 0) is 5.54 Å². The maximum atomic E-state index is 9.83. The van der Waals surface area contributed by atoms with Crippen molar-refractivity contribution >= 4 is 15.9 Å². The monoisotopic (exact) mass is 310 g/mol. The highest BCUT2D eigenvalue weighted by Crippen LogP contribution is 2.44. The van der Waals surface area contributed by atoms with E-state index in [2.05, 4.69) is 27.8 Å². The molecule has 1 heterocycles. The summed E-state index contributed by atoms with van der Waals surface area (Å²) in [6, 6.07) is 8.00. The van der Waals surface area contributed by atoms with Gasteiger partial charge in [-0.15, -0.1) is 6.58 Å². The second-order valence-electron chi connectivity index (χ2n) is 5.02. The summed E-state index contributed by atoms with van der Waals surface area (Å²) < 4.78 is 1.00. The van der Waals surface area contributed by atoms with Crippen LogP contribution >= 0.6 is 15.9 Å². The predicted molar refractivity (Wildman–Crippen MR) is 77.2 cm³/mol. The molecule has 98 valence electrons. The zero-order valence-electron chi connectivity index (χ0n) is 10.3. The van der Waals surface area contributed by atoms with Gasteiger partial charge in [-0.1, -0.05) is 34.1 Å². The molecular weight excluding hydrogens is 292 g/mol. The summed E-state index contributed by atoms with van der Waals surface area (Å²) in [6.45, 7) is 5.21. The Bertz CT molecular complexity index is 451. The van der Waals surface area contributed by atoms with Crippen LogP contribution in [0.4, 0.5) is 0 Å². The van der Waals surface area contributed by atoms with Gasteiger partial charge in [-0.2, -0.15) is 0 Å². The molecule has 0 radical (unpaired) electrons. The van der Waals surface area contributed by atoms with Crippen LogP contribution in [0.25, 0.3) is 0 Å². The molecule has 0 unspecified atom stereocenters. The van der Waals surface area contributed by atoms with Gasteiger partial charge in [-0.3, -0.25) is 0 Å². The van der Waals surface area contributed by atoms with Gasteiger partial charge in [0.1, 0.15) is 0 Å². The number of nitrogens with one attached hydrogen (secondary N) is 1. The predicted octanol–water partition coefficient (Wildman–Crippen LogP) is 1.76. The number of allylic oxidation sites excluding steroid dienone is 1. The van der Waals surface area contributed by atoms with Gasteiger partial charge in [0.05, 0.1) is 12.1 Å². The van der Waals surface area contributed by atoms with Crippen LogP contribution in [0.5, 0.6) is 0 Å². The van der Waals surface area contributed by atoms with Gasteiger partial charge in [0.25, 0.3) is 0 Å². The number of hydrogen-bond acceptors (Lipinski definition) is 3. The van der Waals surface area contributed by atoms with E-state index in [-0.39, 0.29) is 12.0 Å². The maximum Gasteiger partial charge on any atom is 0.0630 e. The van der Waals surface area contributed by atoms with Crippen LogP contribution in [0.15, 0.2) is 41.4 Å². The lowest BCUT2D eigenvalue weighted by Crippen LogP contribution is -2.54. The number of hydrogen-bond donors (Lipinski definition) is 3. The van der Waals surface area contributed by atoms with Crippen LogP contribution in [0.1, 0.15) is 12.0 Å². The number of aliphatic hydroxyl groups excluding tert-OH is 1. The summed E-state index contributed by atoms with van der Waals surface area (Å²) in [7, 11) is 0. The summed E-state index contributed by atoms with van der Waals surface area (Å²) in [5.74, 6) is 0. The van der Waals surface area contributed by atoms with Crippen molar-refractivity contribution in [1.82, 2.24) is 5.32 Å². The van der Waals surface area contributed by atoms with E-state index in [0.29, 0.717) is 19.5 Å². The van der Waals surface area contributed by atoms with Gasteiger partial charge in [-0.05, 0) is 24.1 Å². The molecule has 2 rings (SSSR count). The van der Waals surface area contributed by atoms with E-state index in [1.54, 1.807) is 0 Å². The third-order valence-electron chi connectivity index (χ3n) is 3.99. The second-order valence-corrected chi connectivity index (χ2v) is 5.93. The molecule has 1 aromatic carbocycles. The first-order valence-corrected chi connectivity index (χ1v) is 6.85. The van der Waals surface area contributed by atoms with Crippen molar-refractivity contribution in [1.29, 1.82) is 0 Å². The SMILES string of the molecule is C=CC[C@@]1(CO)CNC[C@]1(N)c1cccc(Br)c1. The quantitative estimate of drug-likeness (QED) is 0.743. The fourth-order valence-corrected chi connectivity index (χ4v) is 3.21. The molecule has 4 N–H and O–H groups in total. The number of nitrogens with two attached hydrogens (primary N) is 1. The second kappa shape index (κ2) is 5.13. The molecule has 1 saturated heterocycles. The van der Waals surface area contributed by atoms with Gasteiger partial charge in [0.2, 0.25) is 0 Å². The first kappa shape index (κ1) is 13.7. The van der Waals surface area contributed by atoms with Crippen molar-refractivity contribution in [2.45, 2.75) is 12.0 Å². The fraction of sp³-hybridized carbons (Fsp3) is 0.429. The van der Waals surface area contributed by atoms with Crippen LogP contribution in [-0.4, -0.2) is 24.8 Å². The highest BCUT2D eigenvalue weighted by molar-refractivity contribution is 9.10. The molecular formula is C14H19BrN2O. The average Bonchev–Trinajstić information content (AvgIpc) is 2.69. The molecule has 1 aliphatic heterocycles. The first-order chi connectivity index (χ1) is 8.58. The summed E-state index contributed by atoms with van der Waals surface area (Å²) in [6.07, 6.45) is 2.53. The summed E-state index contributed by atoms with van der Waals surface area (Å²) in [5, 5.41) is 13.1. The highest BCUT2D eigenvalue weighted by Gasteiger charge is 2.52. The lowest BCUT2D eigenvalue weighted by Gasteiger charge is -2.41. The lowest BCUT2D eigenvalue weighted by atomic mass is 9.67. The lowest BCUT2D eigenvalue weighted by molar-refractivity contribution is 0.0797. The van der Waals surface area contributed by atoms with Crippen molar-refractivity contribution in [3.63, 3.8) is 0 Å². The molecule has 0 bridgehead atoms. The van der Waals surface area contributed by atoms with Gasteiger partial charge in [0, 0.05) is 23.0 Å². The van der Waals surface area contributed by atoms with E-state index in [1.165, 1.54) is 0 Å². The van der Waals surface area contributed by atoms with E-state index < -0.39 is 5.54 Å². The Morgan fingerprint density at radius 3 is 2.89 bits per heavy atom. The van der Waals surface area contributed by atoms with Crippen LogP contribution in [0.3, 0.4) is 0 Å². The van der Waals surface area contributed by atoms with E-state index in [4.69, 9.17) is 5.73 Å². The summed E-state index contributed by atoms with van der Waals surface area (Å²) >= 11 is 3.47. The maximum absolute atomic E-state index is 9.83. The Morgan fingerprint density at radius 2 is 2.28 bits per heavy atom. The average molecular weight is 311 g/mol. The normalized spacial score (nSPS) is 31.5. The van der Waals surface area contributed by atoms with Crippen molar-refractivity contribution < 1.29 is 5.11 Å². The van der Waals surface area contributed by atoms with E-state index in [0.717, 1.165) is 10.0 Å². The topological polar surface area (TPSA) is 58.3 Å². The Morgan fingerprint density at radius 1 is 1.50 bits per heavy atom. The Kier molecular flexibility index (Phi) is 3.92. The third kappa shape index (κ3) is 2.03. The summed E-state index contributed by atoms with van der Waals surface area (Å²) in [4.78, 5) is 0. The van der Waals surface area contributed by atoms with Crippen molar-refractivity contribution in [3.05, 3.63) is 47.0 Å². The van der Waals surface area contributed by atoms with Crippen LogP contribution in [0.2, 0.25) is 0 Å². The molecule has 3 nitrogen and oxygen atoms in total. The van der Waals surface area contributed by atoms with Gasteiger partial charge < -0.3 is 16.2 Å². The zero-order chi connectivity index (χ0) is 13.2. The Hall–Kier alpha value is -0.680. The minimum Gasteiger partial charge on any atom is -0.396 e. The van der Waals surface area contributed by atoms with E-state index in [9.17, 15) is 5.11 Å². The molecule has 0 aromatic heterocycles. The standard InChI is InChI=1S/C14H19BrN2O/c1-2-6-13(10-18)8-17-9-14(13,16)11-4-3-5-12(15)7-11/h2-5,7,17-18H,1,6,8-10,16H2/t13-,14-/m0/s1. The molecule has 18 heavy (non-hydrogen) atoms. The Labute approximate surface area is 116 Å². The molecule has 0 saturated carbocycles. The molecule has 4 heteroatoms. The first-order valence-electron chi connectivity index (χ1n) is 6.05. The van der Waals surface area contributed by atoms with E-state index >= 15 is 0 Å². The Balaban J connectivity index is 2.47. The zero-order valence-corrected chi connectivity index (χ0v) is 11.9. The summed E-state index contributed by atoms with van der Waals surface area (Å²) in [5.41, 5.74) is 6.72.